The van der Waals surface area contributed by atoms with Crippen LogP contribution in [-0.4, -0.2) is 54.9 Å². The van der Waals surface area contributed by atoms with E-state index in [4.69, 9.17) is 4.74 Å². The van der Waals surface area contributed by atoms with Crippen molar-refractivity contribution in [2.75, 3.05) is 19.7 Å². The highest BCUT2D eigenvalue weighted by molar-refractivity contribution is 7.89. The van der Waals surface area contributed by atoms with Crippen molar-refractivity contribution in [3.8, 4) is 0 Å². The molecule has 0 fully saturated rings. The average molecular weight is 489 g/mol. The van der Waals surface area contributed by atoms with E-state index < -0.39 is 41.1 Å². The van der Waals surface area contributed by atoms with E-state index in [0.717, 1.165) is 4.57 Å². The van der Waals surface area contributed by atoms with Crippen LogP contribution in [0.5, 0.6) is 0 Å². The zero-order valence-electron chi connectivity index (χ0n) is 19.1. The number of aryl methyl sites for hydroxylation is 2. The first-order chi connectivity index (χ1) is 15.2. The molecule has 0 aliphatic rings. The smallest absolute Gasteiger partial charge is 0.406 e. The molecule has 0 spiro atoms. The van der Waals surface area contributed by atoms with Crippen LogP contribution in [0.25, 0.3) is 0 Å². The third-order valence-corrected chi connectivity index (χ3v) is 7.48. The van der Waals surface area contributed by atoms with Gasteiger partial charge in [-0.05, 0) is 44.5 Å². The molecule has 182 valence electrons. The lowest BCUT2D eigenvalue weighted by molar-refractivity contribution is -0.141. The largest absolute Gasteiger partial charge is 0.454 e. The number of rotatable bonds is 9. The number of ketones is 1. The maximum atomic E-state index is 12.8. The number of hydrogen-bond acceptors (Lipinski definition) is 5. The lowest BCUT2D eigenvalue weighted by atomic mass is 10.1. The third-order valence-electron chi connectivity index (χ3n) is 5.29. The Morgan fingerprint density at radius 1 is 1.06 bits per heavy atom. The third kappa shape index (κ3) is 6.02. The van der Waals surface area contributed by atoms with E-state index in [9.17, 15) is 31.2 Å². The highest BCUT2D eigenvalue weighted by atomic mass is 32.2. The van der Waals surface area contributed by atoms with Gasteiger partial charge in [-0.15, -0.1) is 0 Å². The molecule has 33 heavy (non-hydrogen) atoms. The number of Topliss-reactive ketones (excluding diaryl/α,β-unsaturated/α-hetero) is 1. The van der Waals surface area contributed by atoms with Crippen LogP contribution in [0, 0.1) is 20.8 Å². The second-order valence-corrected chi connectivity index (χ2v) is 9.46. The minimum atomic E-state index is -4.45. The number of aromatic nitrogens is 1. The van der Waals surface area contributed by atoms with E-state index in [2.05, 4.69) is 0 Å². The molecule has 0 amide bonds. The normalized spacial score (nSPS) is 12.3. The number of benzene rings is 1. The summed E-state index contributed by atoms with van der Waals surface area (Å²) in [5, 5.41) is 0. The van der Waals surface area contributed by atoms with Crippen LogP contribution in [0.4, 0.5) is 13.2 Å². The van der Waals surface area contributed by atoms with Crippen LogP contribution in [0.1, 0.15) is 51.5 Å². The number of esters is 1. The summed E-state index contributed by atoms with van der Waals surface area (Å²) in [7, 11) is -3.82. The summed E-state index contributed by atoms with van der Waals surface area (Å²) in [6.07, 6.45) is -4.45. The first kappa shape index (κ1) is 26.6. The van der Waals surface area contributed by atoms with Crippen LogP contribution >= 0.6 is 0 Å². The van der Waals surface area contributed by atoms with Gasteiger partial charge in [0.15, 0.2) is 6.61 Å². The van der Waals surface area contributed by atoms with Crippen molar-refractivity contribution in [2.45, 2.75) is 52.2 Å². The number of hydrogen-bond donors (Lipinski definition) is 0. The van der Waals surface area contributed by atoms with Gasteiger partial charge in [-0.1, -0.05) is 19.9 Å². The Balaban J connectivity index is 2.21. The van der Waals surface area contributed by atoms with E-state index in [1.165, 1.54) is 42.4 Å². The summed E-state index contributed by atoms with van der Waals surface area (Å²) in [6.45, 7) is 6.43. The predicted octanol–water partition coefficient (Wildman–Crippen LogP) is 4.05. The van der Waals surface area contributed by atoms with Crippen molar-refractivity contribution >= 4 is 21.8 Å². The number of carbonyl (C=O) groups excluding carboxylic acids is 2. The van der Waals surface area contributed by atoms with Crippen LogP contribution < -0.4 is 0 Å². The van der Waals surface area contributed by atoms with Crippen LogP contribution in [0.2, 0.25) is 0 Å². The fraction of sp³-hybridized carbons (Fsp3) is 0.455. The molecule has 1 heterocycles. The summed E-state index contributed by atoms with van der Waals surface area (Å²) in [5.74, 6) is -1.57. The second kappa shape index (κ2) is 10.1. The molecular weight excluding hydrogens is 461 g/mol. The maximum Gasteiger partial charge on any atom is 0.406 e. The van der Waals surface area contributed by atoms with Crippen LogP contribution in [-0.2, 0) is 21.3 Å². The number of alkyl halides is 3. The average Bonchev–Trinajstić information content (AvgIpc) is 2.99. The first-order valence-corrected chi connectivity index (χ1v) is 11.7. The Morgan fingerprint density at radius 3 is 2.21 bits per heavy atom. The summed E-state index contributed by atoms with van der Waals surface area (Å²) >= 11 is 0. The second-order valence-electron chi connectivity index (χ2n) is 7.56. The van der Waals surface area contributed by atoms with E-state index in [0.29, 0.717) is 5.56 Å². The van der Waals surface area contributed by atoms with Gasteiger partial charge >= 0.3 is 12.1 Å². The van der Waals surface area contributed by atoms with Gasteiger partial charge in [0, 0.05) is 30.0 Å². The molecule has 0 bridgehead atoms. The summed E-state index contributed by atoms with van der Waals surface area (Å²) < 4.78 is 71.3. The predicted molar refractivity (Wildman–Crippen MR) is 116 cm³/mol. The van der Waals surface area contributed by atoms with Gasteiger partial charge < -0.3 is 9.30 Å². The highest BCUT2D eigenvalue weighted by Gasteiger charge is 2.30. The SMILES string of the molecule is CCN(CC)S(=O)(=O)c1cc(C(=O)OCC(=O)c2cc(C)n(CC(F)(F)F)c2C)ccc1C. The van der Waals surface area contributed by atoms with Crippen molar-refractivity contribution in [3.63, 3.8) is 0 Å². The van der Waals surface area contributed by atoms with Gasteiger partial charge in [-0.3, -0.25) is 4.79 Å². The van der Waals surface area contributed by atoms with Gasteiger partial charge in [0.2, 0.25) is 15.8 Å². The fourth-order valence-electron chi connectivity index (χ4n) is 3.51. The standard InChI is InChI=1S/C22H27F3N2O5S/c1-6-26(7-2)33(30,31)20-11-17(9-8-14(20)3)21(29)32-12-19(28)18-10-15(4)27(16(18)5)13-22(23,24)25/h8-11H,6-7,12-13H2,1-5H3. The number of carbonyl (C=O) groups is 2. The van der Waals surface area contributed by atoms with Crippen molar-refractivity contribution < 1.29 is 35.9 Å². The monoisotopic (exact) mass is 488 g/mol. The Bertz CT molecular complexity index is 1150. The highest BCUT2D eigenvalue weighted by Crippen LogP contribution is 2.24. The Kier molecular flexibility index (Phi) is 8.13. The van der Waals surface area contributed by atoms with Crippen molar-refractivity contribution in [1.29, 1.82) is 0 Å². The zero-order valence-corrected chi connectivity index (χ0v) is 19.9. The molecular formula is C22H27F3N2O5S. The zero-order chi connectivity index (χ0) is 25.1. The summed E-state index contributed by atoms with van der Waals surface area (Å²) in [4.78, 5) is 25.0. The molecule has 0 unspecified atom stereocenters. The topological polar surface area (TPSA) is 85.7 Å². The van der Waals surface area contributed by atoms with Crippen molar-refractivity contribution in [3.05, 3.63) is 52.3 Å². The number of sulfonamides is 1. The molecule has 1 aromatic carbocycles. The Labute approximate surface area is 191 Å². The number of nitrogens with zero attached hydrogens (tertiary/aromatic N) is 2. The lowest BCUT2D eigenvalue weighted by Gasteiger charge is -2.20. The van der Waals surface area contributed by atoms with Crippen molar-refractivity contribution in [2.24, 2.45) is 0 Å². The molecule has 0 N–H and O–H groups in total. The van der Waals surface area contributed by atoms with Crippen molar-refractivity contribution in [1.82, 2.24) is 8.87 Å². The molecule has 0 aliphatic carbocycles. The maximum absolute atomic E-state index is 12.8. The lowest BCUT2D eigenvalue weighted by Crippen LogP contribution is -2.31. The van der Waals surface area contributed by atoms with E-state index in [1.807, 2.05) is 0 Å². The quantitative estimate of drug-likeness (QED) is 0.393. The molecule has 2 aromatic rings. The van der Waals surface area contributed by atoms with E-state index in [-0.39, 0.29) is 40.5 Å². The van der Waals surface area contributed by atoms with E-state index >= 15 is 0 Å². The molecule has 0 aliphatic heterocycles. The van der Waals surface area contributed by atoms with E-state index in [1.54, 1.807) is 20.8 Å². The molecule has 7 nitrogen and oxygen atoms in total. The molecule has 0 radical (unpaired) electrons. The molecule has 11 heteroatoms. The fourth-order valence-corrected chi connectivity index (χ4v) is 5.21. The molecule has 2 rings (SSSR count). The molecule has 1 aromatic heterocycles. The van der Waals surface area contributed by atoms with Gasteiger partial charge in [-0.2, -0.15) is 17.5 Å². The summed E-state index contributed by atoms with van der Waals surface area (Å²) in [6, 6.07) is 5.38. The first-order valence-electron chi connectivity index (χ1n) is 10.3. The number of halogens is 3. The van der Waals surface area contributed by atoms with Crippen LogP contribution in [0.3, 0.4) is 0 Å². The molecule has 0 atom stereocenters. The summed E-state index contributed by atoms with van der Waals surface area (Å²) in [5.41, 5.74) is 0.796. The minimum absolute atomic E-state index is 0.0262. The minimum Gasteiger partial charge on any atom is -0.454 e. The van der Waals surface area contributed by atoms with Gasteiger partial charge in [0.25, 0.3) is 0 Å². The molecule has 0 saturated heterocycles. The van der Waals surface area contributed by atoms with Gasteiger partial charge in [-0.25, -0.2) is 13.2 Å². The Hall–Kier alpha value is -2.66. The van der Waals surface area contributed by atoms with Gasteiger partial charge in [0.1, 0.15) is 6.54 Å². The molecule has 0 saturated carbocycles. The van der Waals surface area contributed by atoms with Crippen LogP contribution in [0.15, 0.2) is 29.2 Å². The Morgan fingerprint density at radius 2 is 1.67 bits per heavy atom. The van der Waals surface area contributed by atoms with Gasteiger partial charge in [0.05, 0.1) is 10.5 Å². The number of ether oxygens (including phenoxy) is 1.